The van der Waals surface area contributed by atoms with Gasteiger partial charge in [-0.05, 0) is 19.1 Å². The maximum atomic E-state index is 4.19. The number of aromatic nitrogens is 4. The largest absolute Gasteiger partial charge is 0.265 e. The molecule has 2 heterocycles. The molecule has 0 radical (unpaired) electrons. The topological polar surface area (TPSA) is 54.5 Å². The Balaban J connectivity index is 0.000000337. The van der Waals surface area contributed by atoms with Gasteiger partial charge in [-0.1, -0.05) is 20.3 Å². The summed E-state index contributed by atoms with van der Waals surface area (Å²) < 4.78 is 0. The van der Waals surface area contributed by atoms with E-state index in [0.717, 1.165) is 17.2 Å². The molecule has 0 amide bonds. The summed E-state index contributed by atoms with van der Waals surface area (Å²) in [6.07, 6.45) is 4.70. The molecule has 1 N–H and O–H groups in total. The van der Waals surface area contributed by atoms with Gasteiger partial charge < -0.3 is 0 Å². The number of rotatable bonds is 1. The highest BCUT2D eigenvalue weighted by atomic mass is 15.2. The van der Waals surface area contributed by atoms with Gasteiger partial charge in [0.1, 0.15) is 5.82 Å². The molecular formula is C11H16N4. The van der Waals surface area contributed by atoms with Crippen LogP contribution in [0.25, 0.3) is 11.4 Å². The molecule has 2 aromatic heterocycles. The molecular weight excluding hydrogens is 188 g/mol. The Kier molecular flexibility index (Phi) is 4.47. The van der Waals surface area contributed by atoms with E-state index in [9.17, 15) is 0 Å². The standard InChI is InChI=1S/C8H8N4.C3H8/c1-6-10-8(12-11-6)7-2-4-9-5-3-7;1-3-2/h2-5H,1H3,(H,10,11,12);3H2,1-2H3. The molecule has 2 rings (SSSR count). The van der Waals surface area contributed by atoms with Gasteiger partial charge in [-0.3, -0.25) is 10.1 Å². The lowest BCUT2D eigenvalue weighted by Crippen LogP contribution is -1.80. The summed E-state index contributed by atoms with van der Waals surface area (Å²) in [4.78, 5) is 8.10. The minimum absolute atomic E-state index is 0.718. The van der Waals surface area contributed by atoms with Crippen molar-refractivity contribution in [3.63, 3.8) is 0 Å². The molecule has 4 nitrogen and oxygen atoms in total. The van der Waals surface area contributed by atoms with Crippen LogP contribution in [0.15, 0.2) is 24.5 Å². The second-order valence-electron chi connectivity index (χ2n) is 3.19. The van der Waals surface area contributed by atoms with E-state index in [4.69, 9.17) is 0 Å². The number of nitrogens with zero attached hydrogens (tertiary/aromatic N) is 3. The maximum absolute atomic E-state index is 4.19. The zero-order valence-electron chi connectivity index (χ0n) is 9.36. The van der Waals surface area contributed by atoms with Gasteiger partial charge in [0.15, 0.2) is 5.82 Å². The van der Waals surface area contributed by atoms with Crippen LogP contribution in [0.2, 0.25) is 0 Å². The molecule has 0 saturated heterocycles. The van der Waals surface area contributed by atoms with E-state index >= 15 is 0 Å². The second kappa shape index (κ2) is 5.90. The van der Waals surface area contributed by atoms with Crippen molar-refractivity contribution in [1.29, 1.82) is 0 Å². The molecule has 0 spiro atoms. The Morgan fingerprint density at radius 3 is 2.27 bits per heavy atom. The number of hydrogen-bond donors (Lipinski definition) is 1. The molecule has 4 heteroatoms. The second-order valence-corrected chi connectivity index (χ2v) is 3.19. The van der Waals surface area contributed by atoms with Crippen molar-refractivity contribution in [2.24, 2.45) is 0 Å². The average Bonchev–Trinajstić information content (AvgIpc) is 2.67. The third-order valence-corrected chi connectivity index (χ3v) is 1.54. The van der Waals surface area contributed by atoms with Crippen LogP contribution in [0, 0.1) is 6.92 Å². The first kappa shape index (κ1) is 11.4. The van der Waals surface area contributed by atoms with Gasteiger partial charge in [0.25, 0.3) is 0 Å². The van der Waals surface area contributed by atoms with E-state index in [0.29, 0.717) is 0 Å². The molecule has 0 saturated carbocycles. The van der Waals surface area contributed by atoms with Gasteiger partial charge in [-0.25, -0.2) is 4.98 Å². The number of hydrogen-bond acceptors (Lipinski definition) is 3. The van der Waals surface area contributed by atoms with Crippen molar-refractivity contribution in [2.75, 3.05) is 0 Å². The normalized spacial score (nSPS) is 9.27. The summed E-state index contributed by atoms with van der Waals surface area (Å²) >= 11 is 0. The monoisotopic (exact) mass is 204 g/mol. The number of aryl methyl sites for hydroxylation is 1. The Morgan fingerprint density at radius 2 is 1.80 bits per heavy atom. The molecule has 0 aliphatic carbocycles. The van der Waals surface area contributed by atoms with Crippen molar-refractivity contribution in [3.05, 3.63) is 30.4 Å². The SMILES string of the molecule is CCC.Cc1nc(-c2ccncc2)n[nH]1. The minimum Gasteiger partial charge on any atom is -0.265 e. The highest BCUT2D eigenvalue weighted by Gasteiger charge is 2.00. The van der Waals surface area contributed by atoms with Crippen molar-refractivity contribution in [2.45, 2.75) is 27.2 Å². The highest BCUT2D eigenvalue weighted by Crippen LogP contribution is 2.11. The fourth-order valence-corrected chi connectivity index (χ4v) is 0.973. The molecule has 0 fully saturated rings. The van der Waals surface area contributed by atoms with E-state index in [2.05, 4.69) is 34.0 Å². The summed E-state index contributed by atoms with van der Waals surface area (Å²) in [5.74, 6) is 1.54. The van der Waals surface area contributed by atoms with Crippen molar-refractivity contribution in [1.82, 2.24) is 20.2 Å². The van der Waals surface area contributed by atoms with Crippen LogP contribution in [0.4, 0.5) is 0 Å². The Labute approximate surface area is 89.8 Å². The Bertz CT molecular complexity index is 380. The van der Waals surface area contributed by atoms with Crippen LogP contribution in [0.3, 0.4) is 0 Å². The van der Waals surface area contributed by atoms with Crippen molar-refractivity contribution < 1.29 is 0 Å². The molecule has 0 bridgehead atoms. The van der Waals surface area contributed by atoms with E-state index in [1.807, 2.05) is 19.1 Å². The van der Waals surface area contributed by atoms with Crippen LogP contribution < -0.4 is 0 Å². The maximum Gasteiger partial charge on any atom is 0.181 e. The number of H-pyrrole nitrogens is 1. The summed E-state index contributed by atoms with van der Waals surface area (Å²) in [7, 11) is 0. The van der Waals surface area contributed by atoms with Gasteiger partial charge >= 0.3 is 0 Å². The fraction of sp³-hybridized carbons (Fsp3) is 0.364. The van der Waals surface area contributed by atoms with E-state index in [1.165, 1.54) is 6.42 Å². The lowest BCUT2D eigenvalue weighted by Gasteiger charge is -1.90. The fourth-order valence-electron chi connectivity index (χ4n) is 0.973. The quantitative estimate of drug-likeness (QED) is 0.776. The van der Waals surface area contributed by atoms with Gasteiger partial charge in [0.05, 0.1) is 0 Å². The summed E-state index contributed by atoms with van der Waals surface area (Å²) in [5, 5.41) is 6.81. The van der Waals surface area contributed by atoms with Crippen LogP contribution in [-0.2, 0) is 0 Å². The lowest BCUT2D eigenvalue weighted by molar-refractivity contribution is 1.04. The third kappa shape index (κ3) is 3.50. The van der Waals surface area contributed by atoms with Crippen LogP contribution >= 0.6 is 0 Å². The van der Waals surface area contributed by atoms with Crippen LogP contribution in [0.1, 0.15) is 26.1 Å². The molecule has 0 atom stereocenters. The summed E-state index contributed by atoms with van der Waals surface area (Å²) in [6, 6.07) is 3.76. The van der Waals surface area contributed by atoms with Gasteiger partial charge in [0, 0.05) is 18.0 Å². The van der Waals surface area contributed by atoms with Crippen molar-refractivity contribution >= 4 is 0 Å². The lowest BCUT2D eigenvalue weighted by atomic mass is 10.3. The number of aromatic amines is 1. The summed E-state index contributed by atoms with van der Waals surface area (Å²) in [6.45, 7) is 6.12. The minimum atomic E-state index is 0.718. The van der Waals surface area contributed by atoms with Crippen LogP contribution in [-0.4, -0.2) is 20.2 Å². The molecule has 15 heavy (non-hydrogen) atoms. The zero-order valence-corrected chi connectivity index (χ0v) is 9.36. The molecule has 80 valence electrons. The third-order valence-electron chi connectivity index (χ3n) is 1.54. The molecule has 0 aliphatic rings. The molecule has 2 aromatic rings. The zero-order chi connectivity index (χ0) is 11.1. The summed E-state index contributed by atoms with van der Waals surface area (Å²) in [5.41, 5.74) is 0.981. The number of nitrogens with one attached hydrogen (secondary N) is 1. The smallest absolute Gasteiger partial charge is 0.181 e. The molecule has 0 aliphatic heterocycles. The van der Waals surface area contributed by atoms with E-state index < -0.39 is 0 Å². The molecule has 0 aromatic carbocycles. The molecule has 0 unspecified atom stereocenters. The first-order chi connectivity index (χ1) is 7.27. The first-order valence-electron chi connectivity index (χ1n) is 5.07. The van der Waals surface area contributed by atoms with Gasteiger partial charge in [-0.2, -0.15) is 5.10 Å². The Hall–Kier alpha value is -1.71. The predicted molar refractivity (Wildman–Crippen MR) is 60.3 cm³/mol. The highest BCUT2D eigenvalue weighted by molar-refractivity contribution is 5.52. The van der Waals surface area contributed by atoms with E-state index in [1.54, 1.807) is 12.4 Å². The average molecular weight is 204 g/mol. The number of pyridine rings is 1. The first-order valence-corrected chi connectivity index (χ1v) is 5.07. The van der Waals surface area contributed by atoms with Crippen molar-refractivity contribution in [3.8, 4) is 11.4 Å². The van der Waals surface area contributed by atoms with E-state index in [-0.39, 0.29) is 0 Å². The van der Waals surface area contributed by atoms with Gasteiger partial charge in [0.2, 0.25) is 0 Å². The van der Waals surface area contributed by atoms with Gasteiger partial charge in [-0.15, -0.1) is 0 Å². The Morgan fingerprint density at radius 1 is 1.20 bits per heavy atom. The predicted octanol–water partition coefficient (Wildman–Crippen LogP) is 2.59. The van der Waals surface area contributed by atoms with Crippen LogP contribution in [0.5, 0.6) is 0 Å².